The van der Waals surface area contributed by atoms with Crippen LogP contribution in [-0.2, 0) is 0 Å². The van der Waals surface area contributed by atoms with Gasteiger partial charge in [-0.25, -0.2) is 4.98 Å². The largest absolute Gasteiger partial charge is 0.397 e. The topological polar surface area (TPSA) is 71.2 Å². The third-order valence-electron chi connectivity index (χ3n) is 2.66. The molecule has 0 aromatic carbocycles. The first-order chi connectivity index (χ1) is 8.20. The number of aliphatic hydroxyl groups is 1. The van der Waals surface area contributed by atoms with E-state index in [1.165, 1.54) is 0 Å². The van der Waals surface area contributed by atoms with Crippen LogP contribution in [0.1, 0.15) is 32.8 Å². The van der Waals surface area contributed by atoms with Crippen LogP contribution < -0.4 is 11.1 Å². The van der Waals surface area contributed by atoms with E-state index < -0.39 is 6.10 Å². The molecule has 0 saturated carbocycles. The summed E-state index contributed by atoms with van der Waals surface area (Å²) in [4.78, 5) is 4.21. The highest BCUT2D eigenvalue weighted by molar-refractivity contribution is 9.10. The maximum atomic E-state index is 9.93. The van der Waals surface area contributed by atoms with Gasteiger partial charge in [-0.1, -0.05) is 20.8 Å². The molecular formula is C13H22BrN3O. The number of halogens is 1. The van der Waals surface area contributed by atoms with Gasteiger partial charge in [-0.3, -0.25) is 0 Å². The SMILES string of the molecule is Cc1c(N)cnc(NCC(O)CC(C)(C)C)c1Br. The number of anilines is 2. The maximum Gasteiger partial charge on any atom is 0.140 e. The summed E-state index contributed by atoms with van der Waals surface area (Å²) >= 11 is 3.46. The molecule has 0 radical (unpaired) electrons. The van der Waals surface area contributed by atoms with Gasteiger partial charge >= 0.3 is 0 Å². The van der Waals surface area contributed by atoms with E-state index in [4.69, 9.17) is 5.73 Å². The first-order valence-corrected chi connectivity index (χ1v) is 6.82. The molecule has 0 saturated heterocycles. The molecule has 0 aliphatic carbocycles. The summed E-state index contributed by atoms with van der Waals surface area (Å²) in [6.45, 7) is 8.73. The summed E-state index contributed by atoms with van der Waals surface area (Å²) in [7, 11) is 0. The maximum absolute atomic E-state index is 9.93. The van der Waals surface area contributed by atoms with Gasteiger partial charge in [0.1, 0.15) is 5.82 Å². The van der Waals surface area contributed by atoms with Crippen LogP contribution in [0.5, 0.6) is 0 Å². The molecule has 0 bridgehead atoms. The van der Waals surface area contributed by atoms with Crippen molar-refractivity contribution in [1.82, 2.24) is 4.98 Å². The molecule has 1 aromatic heterocycles. The number of hydrogen-bond acceptors (Lipinski definition) is 4. The second-order valence-corrected chi connectivity index (χ2v) is 6.59. The molecule has 1 rings (SSSR count). The van der Waals surface area contributed by atoms with Gasteiger partial charge in [0.05, 0.1) is 22.5 Å². The third kappa shape index (κ3) is 4.46. The standard InChI is InChI=1S/C13H22BrN3O/c1-8-10(15)7-17-12(11(8)14)16-6-9(18)5-13(2,3)4/h7,9,18H,5-6,15H2,1-4H3,(H,16,17). The monoisotopic (exact) mass is 315 g/mol. The molecule has 5 heteroatoms. The highest BCUT2D eigenvalue weighted by Gasteiger charge is 2.17. The van der Waals surface area contributed by atoms with Crippen LogP contribution >= 0.6 is 15.9 Å². The molecule has 0 aliphatic rings. The average molecular weight is 316 g/mol. The lowest BCUT2D eigenvalue weighted by Gasteiger charge is -2.23. The van der Waals surface area contributed by atoms with Crippen LogP contribution in [0.25, 0.3) is 0 Å². The van der Waals surface area contributed by atoms with E-state index in [2.05, 4.69) is 47.0 Å². The van der Waals surface area contributed by atoms with Gasteiger partial charge in [0, 0.05) is 6.54 Å². The fourth-order valence-corrected chi connectivity index (χ4v) is 2.18. The van der Waals surface area contributed by atoms with Gasteiger partial charge in [0.15, 0.2) is 0 Å². The van der Waals surface area contributed by atoms with Gasteiger partial charge in [-0.15, -0.1) is 0 Å². The van der Waals surface area contributed by atoms with E-state index in [1.807, 2.05) is 6.92 Å². The van der Waals surface area contributed by atoms with Crippen molar-refractivity contribution in [2.75, 3.05) is 17.6 Å². The molecule has 4 N–H and O–H groups in total. The summed E-state index contributed by atoms with van der Waals surface area (Å²) in [5, 5.41) is 13.1. The second-order valence-electron chi connectivity index (χ2n) is 5.80. The van der Waals surface area contributed by atoms with E-state index in [0.29, 0.717) is 12.2 Å². The first-order valence-electron chi connectivity index (χ1n) is 6.03. The number of nitrogens with zero attached hydrogens (tertiary/aromatic N) is 1. The number of nitrogen functional groups attached to an aromatic ring is 1. The minimum Gasteiger partial charge on any atom is -0.397 e. The Kier molecular flexibility index (Phi) is 4.99. The summed E-state index contributed by atoms with van der Waals surface area (Å²) in [6, 6.07) is 0. The number of rotatable bonds is 4. The Morgan fingerprint density at radius 3 is 2.67 bits per heavy atom. The number of nitrogens with two attached hydrogens (primary N) is 1. The average Bonchev–Trinajstić information content (AvgIpc) is 2.22. The first kappa shape index (κ1) is 15.2. The summed E-state index contributed by atoms with van der Waals surface area (Å²) in [5.41, 5.74) is 7.48. The van der Waals surface area contributed by atoms with Crippen molar-refractivity contribution in [1.29, 1.82) is 0 Å². The van der Waals surface area contributed by atoms with Crippen molar-refractivity contribution >= 4 is 27.4 Å². The predicted octanol–water partition coefficient (Wildman–Crippen LogP) is 2.94. The van der Waals surface area contributed by atoms with Crippen molar-refractivity contribution in [2.45, 2.75) is 40.2 Å². The Morgan fingerprint density at radius 2 is 2.11 bits per heavy atom. The molecule has 18 heavy (non-hydrogen) atoms. The fraction of sp³-hybridized carbons (Fsp3) is 0.615. The van der Waals surface area contributed by atoms with Gasteiger partial charge in [0.25, 0.3) is 0 Å². The predicted molar refractivity (Wildman–Crippen MR) is 79.7 cm³/mol. The van der Waals surface area contributed by atoms with E-state index in [1.54, 1.807) is 6.20 Å². The molecule has 102 valence electrons. The van der Waals surface area contributed by atoms with Crippen molar-refractivity contribution < 1.29 is 5.11 Å². The van der Waals surface area contributed by atoms with Crippen LogP contribution in [0.4, 0.5) is 11.5 Å². The van der Waals surface area contributed by atoms with E-state index in [9.17, 15) is 5.11 Å². The van der Waals surface area contributed by atoms with Crippen LogP contribution in [0.15, 0.2) is 10.7 Å². The molecule has 0 fully saturated rings. The molecule has 1 heterocycles. The van der Waals surface area contributed by atoms with Gasteiger partial charge in [-0.05, 0) is 40.3 Å². The Hall–Kier alpha value is -0.810. The quantitative estimate of drug-likeness (QED) is 0.799. The summed E-state index contributed by atoms with van der Waals surface area (Å²) < 4.78 is 0.852. The minimum atomic E-state index is -0.392. The lowest BCUT2D eigenvalue weighted by atomic mass is 9.89. The van der Waals surface area contributed by atoms with Gasteiger partial charge in [-0.2, -0.15) is 0 Å². The molecule has 1 atom stereocenters. The van der Waals surface area contributed by atoms with Crippen molar-refractivity contribution in [2.24, 2.45) is 5.41 Å². The Balaban J connectivity index is 2.62. The molecule has 4 nitrogen and oxygen atoms in total. The zero-order chi connectivity index (χ0) is 13.9. The molecule has 0 aliphatic heterocycles. The Morgan fingerprint density at radius 1 is 1.50 bits per heavy atom. The minimum absolute atomic E-state index is 0.114. The van der Waals surface area contributed by atoms with Crippen molar-refractivity contribution in [3.63, 3.8) is 0 Å². The normalized spacial score (nSPS) is 13.4. The molecule has 0 amide bonds. The van der Waals surface area contributed by atoms with Crippen molar-refractivity contribution in [3.05, 3.63) is 16.2 Å². The Labute approximate surface area is 117 Å². The van der Waals surface area contributed by atoms with Crippen LogP contribution in [0.3, 0.4) is 0 Å². The van der Waals surface area contributed by atoms with E-state index in [0.717, 1.165) is 22.3 Å². The van der Waals surface area contributed by atoms with Crippen molar-refractivity contribution in [3.8, 4) is 0 Å². The highest BCUT2D eigenvalue weighted by atomic mass is 79.9. The number of nitrogens with one attached hydrogen (secondary N) is 1. The molecular weight excluding hydrogens is 294 g/mol. The van der Waals surface area contributed by atoms with Crippen LogP contribution in [-0.4, -0.2) is 22.7 Å². The molecule has 1 aromatic rings. The van der Waals surface area contributed by atoms with Crippen LogP contribution in [0, 0.1) is 12.3 Å². The summed E-state index contributed by atoms with van der Waals surface area (Å²) in [5.74, 6) is 0.717. The zero-order valence-corrected chi connectivity index (χ0v) is 13.0. The fourth-order valence-electron chi connectivity index (χ4n) is 1.71. The lowest BCUT2D eigenvalue weighted by molar-refractivity contribution is 0.132. The third-order valence-corrected chi connectivity index (χ3v) is 3.63. The van der Waals surface area contributed by atoms with Crippen LogP contribution in [0.2, 0.25) is 0 Å². The zero-order valence-electron chi connectivity index (χ0n) is 11.4. The van der Waals surface area contributed by atoms with E-state index in [-0.39, 0.29) is 5.41 Å². The van der Waals surface area contributed by atoms with E-state index >= 15 is 0 Å². The Bertz CT molecular complexity index is 415. The number of aliphatic hydroxyl groups excluding tert-OH is 1. The highest BCUT2D eigenvalue weighted by Crippen LogP contribution is 2.28. The second kappa shape index (κ2) is 5.89. The summed E-state index contributed by atoms with van der Waals surface area (Å²) in [6.07, 6.45) is 1.97. The lowest BCUT2D eigenvalue weighted by Crippen LogP contribution is -2.25. The number of pyridine rings is 1. The molecule has 0 spiro atoms. The van der Waals surface area contributed by atoms with Gasteiger partial charge < -0.3 is 16.2 Å². The smallest absolute Gasteiger partial charge is 0.140 e. The molecule has 1 unspecified atom stereocenters. The number of hydrogen-bond donors (Lipinski definition) is 3. The number of aromatic nitrogens is 1. The van der Waals surface area contributed by atoms with Gasteiger partial charge in [0.2, 0.25) is 0 Å².